The SMILES string of the molecule is CC(C)CC(N)C(=O)N(C(=O)CCCc1ccccc1)C(O)(C(=O)O)C(N)C(N)=O. The van der Waals surface area contributed by atoms with E-state index in [0.717, 1.165) is 5.56 Å². The van der Waals surface area contributed by atoms with Crippen LogP contribution in [0.2, 0.25) is 0 Å². The predicted octanol–water partition coefficient (Wildman–Crippen LogP) is -0.676. The molecular formula is C20H30N4O6. The van der Waals surface area contributed by atoms with Crippen molar-refractivity contribution in [3.05, 3.63) is 35.9 Å². The minimum absolute atomic E-state index is 0.0540. The maximum Gasteiger partial charge on any atom is 0.360 e. The van der Waals surface area contributed by atoms with E-state index in [2.05, 4.69) is 0 Å². The minimum atomic E-state index is -3.36. The molecule has 0 aliphatic rings. The molecule has 0 aromatic heterocycles. The van der Waals surface area contributed by atoms with Crippen LogP contribution in [0.4, 0.5) is 0 Å². The molecule has 10 nitrogen and oxygen atoms in total. The maximum absolute atomic E-state index is 12.9. The number of amides is 3. The number of benzene rings is 1. The first-order valence-electron chi connectivity index (χ1n) is 9.59. The van der Waals surface area contributed by atoms with Crippen molar-refractivity contribution >= 4 is 23.7 Å². The van der Waals surface area contributed by atoms with Crippen molar-refractivity contribution < 1.29 is 29.4 Å². The predicted molar refractivity (Wildman–Crippen MR) is 108 cm³/mol. The lowest BCUT2D eigenvalue weighted by molar-refractivity contribution is -0.198. The molecule has 0 aliphatic carbocycles. The molecule has 0 aliphatic heterocycles. The van der Waals surface area contributed by atoms with E-state index in [-0.39, 0.29) is 30.1 Å². The van der Waals surface area contributed by atoms with Gasteiger partial charge in [-0.25, -0.2) is 9.69 Å². The summed E-state index contributed by atoms with van der Waals surface area (Å²) in [5.74, 6) is -5.67. The van der Waals surface area contributed by atoms with Crippen molar-refractivity contribution in [3.63, 3.8) is 0 Å². The van der Waals surface area contributed by atoms with Gasteiger partial charge in [0.25, 0.3) is 5.72 Å². The number of aliphatic carboxylic acids is 1. The van der Waals surface area contributed by atoms with E-state index < -0.39 is 41.5 Å². The highest BCUT2D eigenvalue weighted by Crippen LogP contribution is 2.22. The Morgan fingerprint density at radius 3 is 2.13 bits per heavy atom. The second-order valence-corrected chi connectivity index (χ2v) is 7.55. The maximum atomic E-state index is 12.9. The van der Waals surface area contributed by atoms with Crippen LogP contribution in [0, 0.1) is 5.92 Å². The number of carbonyl (C=O) groups is 4. The number of nitrogens with zero attached hydrogens (tertiary/aromatic N) is 1. The van der Waals surface area contributed by atoms with E-state index >= 15 is 0 Å². The normalized spacial score (nSPS) is 15.1. The molecule has 30 heavy (non-hydrogen) atoms. The summed E-state index contributed by atoms with van der Waals surface area (Å²) in [5, 5.41) is 20.3. The van der Waals surface area contributed by atoms with E-state index in [1.165, 1.54) is 0 Å². The number of carboxylic acid groups (broad SMARTS) is 1. The molecule has 10 heteroatoms. The van der Waals surface area contributed by atoms with Gasteiger partial charge < -0.3 is 27.4 Å². The van der Waals surface area contributed by atoms with Gasteiger partial charge in [-0.05, 0) is 30.7 Å². The summed E-state index contributed by atoms with van der Waals surface area (Å²) in [4.78, 5) is 49.2. The van der Waals surface area contributed by atoms with Gasteiger partial charge in [0.05, 0.1) is 6.04 Å². The summed E-state index contributed by atoms with van der Waals surface area (Å²) in [6, 6.07) is 5.66. The molecule has 0 radical (unpaired) electrons. The number of hydrogen-bond donors (Lipinski definition) is 5. The van der Waals surface area contributed by atoms with E-state index in [1.54, 1.807) is 13.8 Å². The van der Waals surface area contributed by atoms with Crippen LogP contribution >= 0.6 is 0 Å². The first-order chi connectivity index (χ1) is 13.9. The number of rotatable bonds is 11. The van der Waals surface area contributed by atoms with Crippen molar-refractivity contribution in [3.8, 4) is 0 Å². The van der Waals surface area contributed by atoms with Crippen LogP contribution in [-0.2, 0) is 25.6 Å². The summed E-state index contributed by atoms with van der Waals surface area (Å²) >= 11 is 0. The van der Waals surface area contributed by atoms with E-state index in [1.807, 2.05) is 30.3 Å². The molecule has 0 saturated carbocycles. The Labute approximate surface area is 175 Å². The van der Waals surface area contributed by atoms with Crippen LogP contribution in [0.5, 0.6) is 0 Å². The van der Waals surface area contributed by atoms with Gasteiger partial charge in [0, 0.05) is 6.42 Å². The third-order valence-electron chi connectivity index (χ3n) is 4.61. The highest BCUT2D eigenvalue weighted by molar-refractivity contribution is 6.04. The van der Waals surface area contributed by atoms with Crippen molar-refractivity contribution in [2.45, 2.75) is 57.3 Å². The summed E-state index contributed by atoms with van der Waals surface area (Å²) in [6.45, 7) is 3.55. The second kappa shape index (κ2) is 10.8. The number of aliphatic hydroxyl groups is 1. The molecule has 3 unspecified atom stereocenters. The van der Waals surface area contributed by atoms with Crippen LogP contribution in [0.25, 0.3) is 0 Å². The molecule has 1 rings (SSSR count). The third kappa shape index (κ3) is 6.09. The van der Waals surface area contributed by atoms with Crippen LogP contribution in [0.1, 0.15) is 38.7 Å². The van der Waals surface area contributed by atoms with Crippen molar-refractivity contribution in [1.82, 2.24) is 4.90 Å². The van der Waals surface area contributed by atoms with Gasteiger partial charge in [-0.3, -0.25) is 14.4 Å². The monoisotopic (exact) mass is 422 g/mol. The summed E-state index contributed by atoms with van der Waals surface area (Å²) in [7, 11) is 0. The molecule has 1 aromatic carbocycles. The zero-order chi connectivity index (χ0) is 23.1. The smallest absolute Gasteiger partial charge is 0.360 e. The van der Waals surface area contributed by atoms with Gasteiger partial charge >= 0.3 is 5.97 Å². The van der Waals surface area contributed by atoms with Gasteiger partial charge in [-0.15, -0.1) is 0 Å². The molecule has 0 heterocycles. The molecule has 0 spiro atoms. The molecule has 0 saturated heterocycles. The second-order valence-electron chi connectivity index (χ2n) is 7.55. The Morgan fingerprint density at radius 2 is 1.67 bits per heavy atom. The van der Waals surface area contributed by atoms with E-state index in [4.69, 9.17) is 17.2 Å². The topological polar surface area (TPSA) is 190 Å². The summed E-state index contributed by atoms with van der Waals surface area (Å²) in [6.07, 6.45) is 0.567. The van der Waals surface area contributed by atoms with Crippen LogP contribution in [0.3, 0.4) is 0 Å². The van der Waals surface area contributed by atoms with Crippen molar-refractivity contribution in [2.75, 3.05) is 0 Å². The van der Waals surface area contributed by atoms with Crippen molar-refractivity contribution in [2.24, 2.45) is 23.1 Å². The van der Waals surface area contributed by atoms with Gasteiger partial charge in [0.2, 0.25) is 17.7 Å². The number of primary amides is 1. The number of aryl methyl sites for hydroxylation is 1. The lowest BCUT2D eigenvalue weighted by Gasteiger charge is -2.38. The lowest BCUT2D eigenvalue weighted by Crippen LogP contribution is -2.72. The molecule has 3 atom stereocenters. The zero-order valence-electron chi connectivity index (χ0n) is 17.2. The number of nitrogens with two attached hydrogens (primary N) is 3. The lowest BCUT2D eigenvalue weighted by atomic mass is 9.97. The fourth-order valence-corrected chi connectivity index (χ4v) is 3.02. The fourth-order valence-electron chi connectivity index (χ4n) is 3.02. The van der Waals surface area contributed by atoms with Gasteiger partial charge in [-0.1, -0.05) is 44.2 Å². The molecule has 0 fully saturated rings. The number of carbonyl (C=O) groups excluding carboxylic acids is 3. The molecular weight excluding hydrogens is 392 g/mol. The number of carboxylic acids is 1. The van der Waals surface area contributed by atoms with E-state index in [9.17, 15) is 29.4 Å². The van der Waals surface area contributed by atoms with Gasteiger partial charge in [-0.2, -0.15) is 0 Å². The largest absolute Gasteiger partial charge is 0.478 e. The molecule has 166 valence electrons. The van der Waals surface area contributed by atoms with Crippen LogP contribution in [-0.4, -0.2) is 56.6 Å². The standard InChI is InChI=1S/C20H30N4O6/c1-12(2)11-14(21)18(27)24(20(30,19(28)29)16(22)17(23)26)15(25)10-6-9-13-7-4-3-5-8-13/h3-5,7-8,12,14,16,30H,6,9-11,21-22H2,1-2H3,(H2,23,26)(H,28,29). The average molecular weight is 422 g/mol. The number of imide groups is 1. The Hall–Kier alpha value is -2.82. The summed E-state index contributed by atoms with van der Waals surface area (Å²) < 4.78 is 0. The highest BCUT2D eigenvalue weighted by Gasteiger charge is 2.56. The van der Waals surface area contributed by atoms with Gasteiger partial charge in [0.15, 0.2) is 0 Å². The molecule has 0 bridgehead atoms. The first-order valence-corrected chi connectivity index (χ1v) is 9.59. The first kappa shape index (κ1) is 25.2. The zero-order valence-corrected chi connectivity index (χ0v) is 17.2. The molecule has 8 N–H and O–H groups in total. The van der Waals surface area contributed by atoms with Crippen molar-refractivity contribution in [1.29, 1.82) is 0 Å². The fraction of sp³-hybridized carbons (Fsp3) is 0.500. The van der Waals surface area contributed by atoms with Gasteiger partial charge in [0.1, 0.15) is 6.04 Å². The molecule has 1 aromatic rings. The van der Waals surface area contributed by atoms with Crippen LogP contribution < -0.4 is 17.2 Å². The summed E-state index contributed by atoms with van der Waals surface area (Å²) in [5.41, 5.74) is 14.0. The van der Waals surface area contributed by atoms with Crippen LogP contribution in [0.15, 0.2) is 30.3 Å². The molecule has 3 amide bonds. The van der Waals surface area contributed by atoms with E-state index in [0.29, 0.717) is 6.42 Å². The Balaban J connectivity index is 3.20. The Bertz CT molecular complexity index is 770. The Kier molecular flexibility index (Phi) is 9.09. The quantitative estimate of drug-likeness (QED) is 0.290. The average Bonchev–Trinajstić information content (AvgIpc) is 2.67. The minimum Gasteiger partial charge on any atom is -0.478 e. The Morgan fingerprint density at radius 1 is 1.10 bits per heavy atom. The third-order valence-corrected chi connectivity index (χ3v) is 4.61. The highest BCUT2D eigenvalue weighted by atomic mass is 16.4. The number of hydrogen-bond acceptors (Lipinski definition) is 7.